The summed E-state index contributed by atoms with van der Waals surface area (Å²) in [5, 5.41) is 5.47. The molecule has 0 aliphatic heterocycles. The lowest BCUT2D eigenvalue weighted by molar-refractivity contribution is -0.119. The molecule has 0 bridgehead atoms. The van der Waals surface area contributed by atoms with Gasteiger partial charge in [0.25, 0.3) is 0 Å². The van der Waals surface area contributed by atoms with Crippen molar-refractivity contribution >= 4 is 28.4 Å². The number of carbonyl (C=O) groups excluding carboxylic acids is 1. The van der Waals surface area contributed by atoms with E-state index in [4.69, 9.17) is 0 Å². The molecule has 0 unspecified atom stereocenters. The van der Waals surface area contributed by atoms with Gasteiger partial charge in [-0.2, -0.15) is 0 Å². The first-order valence-corrected chi connectivity index (χ1v) is 8.67. The lowest BCUT2D eigenvalue weighted by atomic mass is 10.1. The monoisotopic (exact) mass is 321 g/mol. The van der Waals surface area contributed by atoms with Gasteiger partial charge >= 0.3 is 0 Å². The van der Waals surface area contributed by atoms with Crippen LogP contribution in [0, 0.1) is 0 Å². The number of hydrogen-bond acceptors (Lipinski definition) is 2. The number of benzene rings is 3. The molecule has 0 radical (unpaired) electrons. The van der Waals surface area contributed by atoms with Gasteiger partial charge in [0.15, 0.2) is 0 Å². The summed E-state index contributed by atoms with van der Waals surface area (Å²) in [5.41, 5.74) is 1.12. The van der Waals surface area contributed by atoms with E-state index in [2.05, 4.69) is 35.6 Å². The van der Waals surface area contributed by atoms with Gasteiger partial charge in [-0.3, -0.25) is 4.79 Å². The minimum Gasteiger partial charge on any atom is -0.349 e. The van der Waals surface area contributed by atoms with Gasteiger partial charge in [-0.05, 0) is 35.4 Å². The normalized spacial score (nSPS) is 12.0. The van der Waals surface area contributed by atoms with E-state index in [1.54, 1.807) is 11.8 Å². The molecule has 3 aromatic carbocycles. The summed E-state index contributed by atoms with van der Waals surface area (Å²) in [4.78, 5) is 13.2. The largest absolute Gasteiger partial charge is 0.349 e. The highest BCUT2D eigenvalue weighted by Crippen LogP contribution is 2.23. The van der Waals surface area contributed by atoms with Crippen molar-refractivity contribution in [2.24, 2.45) is 0 Å². The Balaban J connectivity index is 1.57. The maximum absolute atomic E-state index is 12.1. The van der Waals surface area contributed by atoms with Crippen LogP contribution in [0.5, 0.6) is 0 Å². The summed E-state index contributed by atoms with van der Waals surface area (Å²) in [6.45, 7) is 2.01. The smallest absolute Gasteiger partial charge is 0.230 e. The molecule has 0 heterocycles. The van der Waals surface area contributed by atoms with Crippen molar-refractivity contribution in [2.45, 2.75) is 17.9 Å². The highest BCUT2D eigenvalue weighted by atomic mass is 32.2. The maximum Gasteiger partial charge on any atom is 0.230 e. The van der Waals surface area contributed by atoms with E-state index in [-0.39, 0.29) is 11.9 Å². The predicted molar refractivity (Wildman–Crippen MR) is 97.7 cm³/mol. The molecule has 0 aliphatic rings. The zero-order valence-corrected chi connectivity index (χ0v) is 13.8. The van der Waals surface area contributed by atoms with E-state index in [1.807, 2.05) is 49.4 Å². The van der Waals surface area contributed by atoms with Crippen LogP contribution in [0.1, 0.15) is 18.5 Å². The second kappa shape index (κ2) is 7.34. The summed E-state index contributed by atoms with van der Waals surface area (Å²) < 4.78 is 0. The van der Waals surface area contributed by atoms with Crippen LogP contribution in [0.25, 0.3) is 10.8 Å². The predicted octanol–water partition coefficient (Wildman–Crippen LogP) is 4.81. The number of nitrogens with one attached hydrogen (secondary N) is 1. The van der Waals surface area contributed by atoms with Crippen molar-refractivity contribution in [3.05, 3.63) is 78.4 Å². The van der Waals surface area contributed by atoms with Crippen molar-refractivity contribution in [2.75, 3.05) is 5.75 Å². The van der Waals surface area contributed by atoms with Gasteiger partial charge in [0.05, 0.1) is 11.8 Å². The molecule has 116 valence electrons. The van der Waals surface area contributed by atoms with Crippen LogP contribution >= 0.6 is 11.8 Å². The summed E-state index contributed by atoms with van der Waals surface area (Å²) in [7, 11) is 0. The molecule has 1 atom stereocenters. The molecule has 3 aromatic rings. The fourth-order valence-corrected chi connectivity index (χ4v) is 3.27. The minimum absolute atomic E-state index is 0.0286. The molecule has 23 heavy (non-hydrogen) atoms. The van der Waals surface area contributed by atoms with Crippen LogP contribution in [0.3, 0.4) is 0 Å². The molecule has 0 saturated heterocycles. The number of fused-ring (bicyclic) bond motifs is 1. The molecule has 2 nitrogen and oxygen atoms in total. The molecule has 0 saturated carbocycles. The summed E-state index contributed by atoms with van der Waals surface area (Å²) >= 11 is 1.57. The molecular formula is C20H19NOS. The van der Waals surface area contributed by atoms with Gasteiger partial charge in [0.2, 0.25) is 5.91 Å². The zero-order valence-electron chi connectivity index (χ0n) is 13.0. The van der Waals surface area contributed by atoms with Gasteiger partial charge in [0, 0.05) is 4.90 Å². The van der Waals surface area contributed by atoms with Crippen LogP contribution in [0.4, 0.5) is 0 Å². The first kappa shape index (κ1) is 15.6. The highest BCUT2D eigenvalue weighted by Gasteiger charge is 2.09. The molecule has 3 rings (SSSR count). The molecule has 1 N–H and O–H groups in total. The third kappa shape index (κ3) is 4.14. The van der Waals surface area contributed by atoms with Crippen LogP contribution < -0.4 is 5.32 Å². The topological polar surface area (TPSA) is 29.1 Å². The highest BCUT2D eigenvalue weighted by molar-refractivity contribution is 8.00. The van der Waals surface area contributed by atoms with Gasteiger partial charge in [-0.15, -0.1) is 11.8 Å². The van der Waals surface area contributed by atoms with Gasteiger partial charge < -0.3 is 5.32 Å². The minimum atomic E-state index is 0.0286. The van der Waals surface area contributed by atoms with E-state index in [0.29, 0.717) is 5.75 Å². The van der Waals surface area contributed by atoms with E-state index in [0.717, 1.165) is 10.5 Å². The van der Waals surface area contributed by atoms with Crippen molar-refractivity contribution in [1.29, 1.82) is 0 Å². The fourth-order valence-electron chi connectivity index (χ4n) is 2.51. The Morgan fingerprint density at radius 1 is 0.957 bits per heavy atom. The van der Waals surface area contributed by atoms with E-state index < -0.39 is 0 Å². The average molecular weight is 321 g/mol. The van der Waals surface area contributed by atoms with Crippen molar-refractivity contribution in [3.8, 4) is 0 Å². The number of carbonyl (C=O) groups is 1. The second-order valence-corrected chi connectivity index (χ2v) is 6.55. The second-order valence-electron chi connectivity index (χ2n) is 5.50. The fraction of sp³-hybridized carbons (Fsp3) is 0.150. The average Bonchev–Trinajstić information content (AvgIpc) is 2.60. The molecule has 3 heteroatoms. The Hall–Kier alpha value is -2.26. The molecule has 0 fully saturated rings. The van der Waals surface area contributed by atoms with Gasteiger partial charge in [-0.1, -0.05) is 60.7 Å². The van der Waals surface area contributed by atoms with Crippen LogP contribution in [0.15, 0.2) is 77.7 Å². The van der Waals surface area contributed by atoms with Crippen LogP contribution in [-0.2, 0) is 4.79 Å². The SMILES string of the molecule is C[C@@H](NC(=O)CSc1ccc2ccccc2c1)c1ccccc1. The van der Waals surface area contributed by atoms with E-state index in [9.17, 15) is 4.79 Å². The molecule has 0 aromatic heterocycles. The number of amides is 1. The van der Waals surface area contributed by atoms with Crippen molar-refractivity contribution in [3.63, 3.8) is 0 Å². The number of thioether (sulfide) groups is 1. The maximum atomic E-state index is 12.1. The van der Waals surface area contributed by atoms with Gasteiger partial charge in [-0.25, -0.2) is 0 Å². The Bertz CT molecular complexity index is 801. The van der Waals surface area contributed by atoms with Crippen LogP contribution in [0.2, 0.25) is 0 Å². The third-order valence-electron chi connectivity index (χ3n) is 3.77. The number of rotatable bonds is 5. The lowest BCUT2D eigenvalue weighted by Gasteiger charge is -2.14. The molecular weight excluding hydrogens is 302 g/mol. The first-order chi connectivity index (χ1) is 11.2. The van der Waals surface area contributed by atoms with E-state index in [1.165, 1.54) is 10.8 Å². The Morgan fingerprint density at radius 2 is 1.65 bits per heavy atom. The first-order valence-electron chi connectivity index (χ1n) is 7.68. The Morgan fingerprint density at radius 3 is 2.43 bits per heavy atom. The van der Waals surface area contributed by atoms with Crippen LogP contribution in [-0.4, -0.2) is 11.7 Å². The quantitative estimate of drug-likeness (QED) is 0.683. The summed E-state index contributed by atoms with van der Waals surface area (Å²) in [5.74, 6) is 0.481. The Kier molecular flexibility index (Phi) is 4.99. The molecule has 0 aliphatic carbocycles. The van der Waals surface area contributed by atoms with E-state index >= 15 is 0 Å². The van der Waals surface area contributed by atoms with Crippen molar-refractivity contribution in [1.82, 2.24) is 5.32 Å². The molecule has 0 spiro atoms. The van der Waals surface area contributed by atoms with Gasteiger partial charge in [0.1, 0.15) is 0 Å². The Labute approximate surface area is 140 Å². The summed E-state index contributed by atoms with van der Waals surface area (Å²) in [6.07, 6.45) is 0. The zero-order chi connectivity index (χ0) is 16.1. The standard InChI is InChI=1S/C20H19NOS/c1-15(16-7-3-2-4-8-16)21-20(22)14-23-19-12-11-17-9-5-6-10-18(17)13-19/h2-13,15H,14H2,1H3,(H,21,22)/t15-/m1/s1. The number of hydrogen-bond donors (Lipinski definition) is 1. The third-order valence-corrected chi connectivity index (χ3v) is 4.76. The lowest BCUT2D eigenvalue weighted by Crippen LogP contribution is -2.28. The molecule has 1 amide bonds. The summed E-state index contributed by atoms with van der Waals surface area (Å²) in [6, 6.07) is 24.6. The van der Waals surface area contributed by atoms with Crippen molar-refractivity contribution < 1.29 is 4.79 Å².